The van der Waals surface area contributed by atoms with Crippen LogP contribution in [0.3, 0.4) is 0 Å². The summed E-state index contributed by atoms with van der Waals surface area (Å²) in [6.45, 7) is 7.36. The van der Waals surface area contributed by atoms with Crippen molar-refractivity contribution in [1.29, 1.82) is 0 Å². The number of nitrogens with one attached hydrogen (secondary N) is 1. The van der Waals surface area contributed by atoms with Crippen molar-refractivity contribution in [2.45, 2.75) is 33.2 Å². The van der Waals surface area contributed by atoms with Gasteiger partial charge in [-0.1, -0.05) is 19.1 Å². The van der Waals surface area contributed by atoms with E-state index in [4.69, 9.17) is 4.74 Å². The number of hydrogen-bond acceptors (Lipinski definition) is 3. The molecular weight excluding hydrogens is 262 g/mol. The van der Waals surface area contributed by atoms with E-state index in [9.17, 15) is 0 Å². The molecule has 21 heavy (non-hydrogen) atoms. The van der Waals surface area contributed by atoms with Crippen molar-refractivity contribution < 1.29 is 4.74 Å². The van der Waals surface area contributed by atoms with E-state index in [0.29, 0.717) is 0 Å². The Balaban J connectivity index is 2.41. The van der Waals surface area contributed by atoms with Gasteiger partial charge in [-0.2, -0.15) is 5.10 Å². The highest BCUT2D eigenvalue weighted by atomic mass is 16.5. The molecule has 1 unspecified atom stereocenters. The first-order valence-corrected chi connectivity index (χ1v) is 7.45. The van der Waals surface area contributed by atoms with E-state index < -0.39 is 0 Å². The maximum atomic E-state index is 5.25. The molecule has 0 fully saturated rings. The highest BCUT2D eigenvalue weighted by Gasteiger charge is 2.21. The molecule has 4 nitrogen and oxygen atoms in total. The van der Waals surface area contributed by atoms with E-state index in [2.05, 4.69) is 43.3 Å². The molecule has 2 aromatic rings. The van der Waals surface area contributed by atoms with Gasteiger partial charge in [0.05, 0.1) is 18.8 Å². The fraction of sp³-hybridized carbons (Fsp3) is 0.471. The molecule has 1 aromatic carbocycles. The summed E-state index contributed by atoms with van der Waals surface area (Å²) >= 11 is 0. The van der Waals surface area contributed by atoms with E-state index in [1.54, 1.807) is 7.11 Å². The highest BCUT2D eigenvalue weighted by Crippen LogP contribution is 2.28. The van der Waals surface area contributed by atoms with Crippen molar-refractivity contribution >= 4 is 0 Å². The molecular formula is C17H25N3O. The summed E-state index contributed by atoms with van der Waals surface area (Å²) in [6.07, 6.45) is 1.10. The minimum atomic E-state index is 0.171. The van der Waals surface area contributed by atoms with Gasteiger partial charge in [0.15, 0.2) is 0 Å². The minimum Gasteiger partial charge on any atom is -0.497 e. The van der Waals surface area contributed by atoms with Crippen LogP contribution in [-0.2, 0) is 7.05 Å². The molecule has 0 radical (unpaired) electrons. The first-order valence-electron chi connectivity index (χ1n) is 7.45. The van der Waals surface area contributed by atoms with E-state index in [-0.39, 0.29) is 6.04 Å². The standard InChI is InChI=1S/C17H25N3O/c1-6-11-18-17(14-7-9-15(21-5)10-8-14)16-12(2)19-20(4)13(16)3/h7-10,17-18H,6,11H2,1-5H3. The van der Waals surface area contributed by atoms with Gasteiger partial charge in [0.25, 0.3) is 0 Å². The summed E-state index contributed by atoms with van der Waals surface area (Å²) in [4.78, 5) is 0. The third kappa shape index (κ3) is 3.27. The monoisotopic (exact) mass is 287 g/mol. The molecule has 1 heterocycles. The predicted molar refractivity (Wildman–Crippen MR) is 85.8 cm³/mol. The topological polar surface area (TPSA) is 39.1 Å². The quantitative estimate of drug-likeness (QED) is 0.887. The van der Waals surface area contributed by atoms with Gasteiger partial charge in [0, 0.05) is 18.3 Å². The van der Waals surface area contributed by atoms with Crippen molar-refractivity contribution in [2.75, 3.05) is 13.7 Å². The van der Waals surface area contributed by atoms with Crippen molar-refractivity contribution in [1.82, 2.24) is 15.1 Å². The van der Waals surface area contributed by atoms with Gasteiger partial charge in [-0.25, -0.2) is 0 Å². The average Bonchev–Trinajstić information content (AvgIpc) is 2.74. The van der Waals surface area contributed by atoms with E-state index in [1.807, 2.05) is 23.9 Å². The van der Waals surface area contributed by atoms with Crippen LogP contribution >= 0.6 is 0 Å². The molecule has 0 aliphatic carbocycles. The summed E-state index contributed by atoms with van der Waals surface area (Å²) < 4.78 is 7.20. The third-order valence-electron chi connectivity index (χ3n) is 3.90. The number of nitrogens with zero attached hydrogens (tertiary/aromatic N) is 2. The van der Waals surface area contributed by atoms with E-state index >= 15 is 0 Å². The maximum Gasteiger partial charge on any atom is 0.118 e. The number of ether oxygens (including phenoxy) is 1. The Bertz CT molecular complexity index is 587. The molecule has 0 amide bonds. The zero-order valence-electron chi connectivity index (χ0n) is 13.6. The molecule has 1 aromatic heterocycles. The van der Waals surface area contributed by atoms with Crippen molar-refractivity contribution in [3.8, 4) is 5.75 Å². The molecule has 0 saturated carbocycles. The Morgan fingerprint density at radius 3 is 2.38 bits per heavy atom. The number of benzene rings is 1. The number of aryl methyl sites for hydroxylation is 2. The third-order valence-corrected chi connectivity index (χ3v) is 3.90. The highest BCUT2D eigenvalue weighted by molar-refractivity contribution is 5.39. The Labute approximate surface area is 127 Å². The van der Waals surface area contributed by atoms with Crippen LogP contribution in [0.5, 0.6) is 5.75 Å². The van der Waals surface area contributed by atoms with Crippen LogP contribution in [0.15, 0.2) is 24.3 Å². The molecule has 0 aliphatic rings. The van der Waals surface area contributed by atoms with Crippen LogP contribution in [0.1, 0.15) is 41.9 Å². The average molecular weight is 287 g/mol. The van der Waals surface area contributed by atoms with Crippen LogP contribution in [0.4, 0.5) is 0 Å². The summed E-state index contributed by atoms with van der Waals surface area (Å²) in [5.41, 5.74) is 4.80. The van der Waals surface area contributed by atoms with Crippen LogP contribution in [0.2, 0.25) is 0 Å². The Morgan fingerprint density at radius 2 is 1.90 bits per heavy atom. The molecule has 0 bridgehead atoms. The number of methoxy groups -OCH3 is 1. The first-order chi connectivity index (χ1) is 10.1. The minimum absolute atomic E-state index is 0.171. The lowest BCUT2D eigenvalue weighted by Crippen LogP contribution is -2.24. The summed E-state index contributed by atoms with van der Waals surface area (Å²) in [7, 11) is 3.69. The molecule has 0 aliphatic heterocycles. The number of rotatable bonds is 6. The van der Waals surface area contributed by atoms with Gasteiger partial charge < -0.3 is 10.1 Å². The summed E-state index contributed by atoms with van der Waals surface area (Å²) in [6, 6.07) is 8.44. The van der Waals surface area contributed by atoms with Gasteiger partial charge in [-0.3, -0.25) is 4.68 Å². The Morgan fingerprint density at radius 1 is 1.24 bits per heavy atom. The second-order valence-corrected chi connectivity index (χ2v) is 5.37. The maximum absolute atomic E-state index is 5.25. The van der Waals surface area contributed by atoms with Crippen LogP contribution in [0, 0.1) is 13.8 Å². The largest absolute Gasteiger partial charge is 0.497 e. The van der Waals surface area contributed by atoms with Crippen molar-refractivity contribution in [2.24, 2.45) is 7.05 Å². The van der Waals surface area contributed by atoms with Crippen molar-refractivity contribution in [3.63, 3.8) is 0 Å². The Hall–Kier alpha value is -1.81. The van der Waals surface area contributed by atoms with E-state index in [0.717, 1.165) is 24.4 Å². The van der Waals surface area contributed by atoms with Gasteiger partial charge >= 0.3 is 0 Å². The zero-order chi connectivity index (χ0) is 15.4. The van der Waals surface area contributed by atoms with Crippen LogP contribution < -0.4 is 10.1 Å². The fourth-order valence-electron chi connectivity index (χ4n) is 2.68. The molecule has 114 valence electrons. The lowest BCUT2D eigenvalue weighted by Gasteiger charge is -2.20. The van der Waals surface area contributed by atoms with Gasteiger partial charge in [0.1, 0.15) is 5.75 Å². The number of hydrogen-bond donors (Lipinski definition) is 1. The second kappa shape index (κ2) is 6.76. The molecule has 1 atom stereocenters. The smallest absolute Gasteiger partial charge is 0.118 e. The molecule has 2 rings (SSSR count). The summed E-state index contributed by atoms with van der Waals surface area (Å²) in [5, 5.41) is 8.19. The molecule has 0 saturated heterocycles. The van der Waals surface area contributed by atoms with Gasteiger partial charge in [-0.05, 0) is 44.5 Å². The van der Waals surface area contributed by atoms with Crippen molar-refractivity contribution in [3.05, 3.63) is 46.8 Å². The Kier molecular flexibility index (Phi) is 5.02. The molecule has 1 N–H and O–H groups in total. The predicted octanol–water partition coefficient (Wildman–Crippen LogP) is 3.13. The SMILES string of the molecule is CCCNC(c1ccc(OC)cc1)c1c(C)nn(C)c1C. The number of aromatic nitrogens is 2. The van der Waals surface area contributed by atoms with E-state index in [1.165, 1.54) is 16.8 Å². The fourth-order valence-corrected chi connectivity index (χ4v) is 2.68. The summed E-state index contributed by atoms with van der Waals surface area (Å²) in [5.74, 6) is 0.882. The van der Waals surface area contributed by atoms with Gasteiger partial charge in [0.2, 0.25) is 0 Å². The van der Waals surface area contributed by atoms with Crippen LogP contribution in [0.25, 0.3) is 0 Å². The molecule has 0 spiro atoms. The zero-order valence-corrected chi connectivity index (χ0v) is 13.6. The second-order valence-electron chi connectivity index (χ2n) is 5.37. The van der Waals surface area contributed by atoms with Crippen LogP contribution in [-0.4, -0.2) is 23.4 Å². The van der Waals surface area contributed by atoms with Gasteiger partial charge in [-0.15, -0.1) is 0 Å². The molecule has 4 heteroatoms. The normalized spacial score (nSPS) is 12.4. The first kappa shape index (κ1) is 15.6. The lowest BCUT2D eigenvalue weighted by molar-refractivity contribution is 0.414. The lowest BCUT2D eigenvalue weighted by atomic mass is 9.96.